The zero-order valence-electron chi connectivity index (χ0n) is 8.27. The lowest BCUT2D eigenvalue weighted by Crippen LogP contribution is -1.91. The molecule has 0 aliphatic heterocycles. The largest absolute Gasteiger partial charge is 0.465 e. The number of para-hydroxylation sites is 1. The van der Waals surface area contributed by atoms with Crippen molar-refractivity contribution < 1.29 is 9.53 Å². The van der Waals surface area contributed by atoms with E-state index in [-0.39, 0.29) is 5.78 Å². The molecule has 1 aromatic carbocycles. The van der Waals surface area contributed by atoms with Gasteiger partial charge in [-0.2, -0.15) is 0 Å². The van der Waals surface area contributed by atoms with Gasteiger partial charge in [0.1, 0.15) is 5.75 Å². The molecule has 2 nitrogen and oxygen atoms in total. The van der Waals surface area contributed by atoms with Crippen LogP contribution < -0.4 is 4.74 Å². The molecule has 0 radical (unpaired) electrons. The Bertz CT molecular complexity index is 301. The Hall–Kier alpha value is -1.57. The quantitative estimate of drug-likeness (QED) is 0.527. The van der Waals surface area contributed by atoms with Gasteiger partial charge >= 0.3 is 0 Å². The molecule has 2 heteroatoms. The molecule has 0 saturated carbocycles. The first-order valence-corrected chi connectivity index (χ1v) is 4.74. The molecule has 0 aromatic heterocycles. The maximum Gasteiger partial charge on any atom is 0.158 e. The van der Waals surface area contributed by atoms with E-state index in [0.717, 1.165) is 12.2 Å². The maximum absolute atomic E-state index is 11.1. The number of carbonyl (C=O) groups is 1. The lowest BCUT2D eigenvalue weighted by molar-refractivity contribution is -0.114. The van der Waals surface area contributed by atoms with Crippen molar-refractivity contribution in [1.29, 1.82) is 0 Å². The second-order valence-electron chi connectivity index (χ2n) is 2.95. The van der Waals surface area contributed by atoms with Crippen LogP contribution in [0.3, 0.4) is 0 Å². The Kier molecular flexibility index (Phi) is 4.48. The SMILES string of the molecule is CCCC(=O)C=COc1ccccc1. The van der Waals surface area contributed by atoms with Crippen LogP contribution in [0.25, 0.3) is 0 Å². The predicted molar refractivity (Wildman–Crippen MR) is 56.1 cm³/mol. The zero-order chi connectivity index (χ0) is 10.2. The van der Waals surface area contributed by atoms with Gasteiger partial charge in [0.2, 0.25) is 0 Å². The normalized spacial score (nSPS) is 10.4. The van der Waals surface area contributed by atoms with Crippen LogP contribution in [0, 0.1) is 0 Å². The number of hydrogen-bond donors (Lipinski definition) is 0. The second kappa shape index (κ2) is 5.97. The van der Waals surface area contributed by atoms with E-state index in [2.05, 4.69) is 0 Å². The van der Waals surface area contributed by atoms with Gasteiger partial charge in [-0.1, -0.05) is 25.1 Å². The Labute approximate surface area is 84.2 Å². The summed E-state index contributed by atoms with van der Waals surface area (Å²) in [6.45, 7) is 1.98. The number of ether oxygens (including phenoxy) is 1. The van der Waals surface area contributed by atoms with Crippen LogP contribution in [0.15, 0.2) is 42.7 Å². The number of hydrogen-bond acceptors (Lipinski definition) is 2. The lowest BCUT2D eigenvalue weighted by Gasteiger charge is -1.97. The van der Waals surface area contributed by atoms with Gasteiger partial charge in [0.15, 0.2) is 5.78 Å². The van der Waals surface area contributed by atoms with Gasteiger partial charge in [-0.05, 0) is 18.6 Å². The minimum absolute atomic E-state index is 0.100. The van der Waals surface area contributed by atoms with Gasteiger partial charge in [0, 0.05) is 12.5 Å². The fourth-order valence-electron chi connectivity index (χ4n) is 1.02. The third kappa shape index (κ3) is 3.90. The van der Waals surface area contributed by atoms with E-state index in [1.54, 1.807) is 0 Å². The molecule has 0 aliphatic carbocycles. The zero-order valence-corrected chi connectivity index (χ0v) is 8.27. The fraction of sp³-hybridized carbons (Fsp3) is 0.250. The fourth-order valence-corrected chi connectivity index (χ4v) is 1.02. The highest BCUT2D eigenvalue weighted by Gasteiger charge is 1.92. The highest BCUT2D eigenvalue weighted by molar-refractivity contribution is 5.89. The summed E-state index contributed by atoms with van der Waals surface area (Å²) in [5, 5.41) is 0. The van der Waals surface area contributed by atoms with Crippen LogP contribution >= 0.6 is 0 Å². The molecule has 0 heterocycles. The van der Waals surface area contributed by atoms with Gasteiger partial charge in [-0.25, -0.2) is 0 Å². The maximum atomic E-state index is 11.1. The van der Waals surface area contributed by atoms with Crippen molar-refractivity contribution in [3.63, 3.8) is 0 Å². The van der Waals surface area contributed by atoms with E-state index >= 15 is 0 Å². The smallest absolute Gasteiger partial charge is 0.158 e. The molecule has 0 atom stereocenters. The monoisotopic (exact) mass is 190 g/mol. The predicted octanol–water partition coefficient (Wildman–Crippen LogP) is 2.95. The number of benzene rings is 1. The van der Waals surface area contributed by atoms with Gasteiger partial charge in [-0.3, -0.25) is 4.79 Å². The summed E-state index contributed by atoms with van der Waals surface area (Å²) in [5.41, 5.74) is 0. The number of carbonyl (C=O) groups excluding carboxylic acids is 1. The molecular formula is C12H14O2. The van der Waals surface area contributed by atoms with Crippen LogP contribution in [0.1, 0.15) is 19.8 Å². The molecule has 0 unspecified atom stereocenters. The Morgan fingerprint density at radius 3 is 2.71 bits per heavy atom. The molecule has 0 fully saturated rings. The van der Waals surface area contributed by atoms with E-state index in [9.17, 15) is 4.79 Å². The molecule has 1 rings (SSSR count). The Morgan fingerprint density at radius 2 is 2.07 bits per heavy atom. The molecule has 0 saturated heterocycles. The van der Waals surface area contributed by atoms with Crippen molar-refractivity contribution in [3.05, 3.63) is 42.7 Å². The highest BCUT2D eigenvalue weighted by Crippen LogP contribution is 2.08. The first-order valence-electron chi connectivity index (χ1n) is 4.74. The van der Waals surface area contributed by atoms with Gasteiger partial charge in [-0.15, -0.1) is 0 Å². The molecule has 0 spiro atoms. The van der Waals surface area contributed by atoms with Crippen LogP contribution in [-0.2, 0) is 4.79 Å². The lowest BCUT2D eigenvalue weighted by atomic mass is 10.2. The molecule has 0 N–H and O–H groups in total. The molecule has 0 amide bonds. The minimum Gasteiger partial charge on any atom is -0.465 e. The van der Waals surface area contributed by atoms with E-state index in [4.69, 9.17) is 4.74 Å². The van der Waals surface area contributed by atoms with Crippen LogP contribution in [-0.4, -0.2) is 5.78 Å². The van der Waals surface area contributed by atoms with Gasteiger partial charge in [0.25, 0.3) is 0 Å². The number of ketones is 1. The van der Waals surface area contributed by atoms with Crippen molar-refractivity contribution >= 4 is 5.78 Å². The van der Waals surface area contributed by atoms with E-state index in [1.807, 2.05) is 37.3 Å². The molecule has 0 bridgehead atoms. The third-order valence-corrected chi connectivity index (χ3v) is 1.70. The first-order chi connectivity index (χ1) is 6.83. The highest BCUT2D eigenvalue weighted by atomic mass is 16.5. The summed E-state index contributed by atoms with van der Waals surface area (Å²) in [5.74, 6) is 0.844. The number of rotatable bonds is 5. The molecule has 14 heavy (non-hydrogen) atoms. The second-order valence-corrected chi connectivity index (χ2v) is 2.95. The van der Waals surface area contributed by atoms with Crippen LogP contribution in [0.5, 0.6) is 5.75 Å². The topological polar surface area (TPSA) is 26.3 Å². The minimum atomic E-state index is 0.100. The van der Waals surface area contributed by atoms with Crippen molar-refractivity contribution in [2.45, 2.75) is 19.8 Å². The Balaban J connectivity index is 2.37. The Morgan fingerprint density at radius 1 is 1.36 bits per heavy atom. The average Bonchev–Trinajstić information content (AvgIpc) is 2.20. The summed E-state index contributed by atoms with van der Waals surface area (Å²) in [6.07, 6.45) is 4.35. The molecule has 74 valence electrons. The van der Waals surface area contributed by atoms with Gasteiger partial charge in [0.05, 0.1) is 6.26 Å². The van der Waals surface area contributed by atoms with Crippen molar-refractivity contribution in [3.8, 4) is 5.75 Å². The summed E-state index contributed by atoms with van der Waals surface area (Å²) in [4.78, 5) is 11.1. The van der Waals surface area contributed by atoms with Crippen molar-refractivity contribution in [2.24, 2.45) is 0 Å². The molecule has 0 aliphatic rings. The standard InChI is InChI=1S/C12H14O2/c1-2-6-11(13)9-10-14-12-7-4-3-5-8-12/h3-5,7-10H,2,6H2,1H3. The molecular weight excluding hydrogens is 176 g/mol. The number of allylic oxidation sites excluding steroid dienone is 1. The summed E-state index contributed by atoms with van der Waals surface area (Å²) < 4.78 is 5.22. The summed E-state index contributed by atoms with van der Waals surface area (Å²) in [7, 11) is 0. The van der Waals surface area contributed by atoms with Crippen molar-refractivity contribution in [1.82, 2.24) is 0 Å². The van der Waals surface area contributed by atoms with Crippen LogP contribution in [0.2, 0.25) is 0 Å². The van der Waals surface area contributed by atoms with E-state index < -0.39 is 0 Å². The van der Waals surface area contributed by atoms with Crippen molar-refractivity contribution in [2.75, 3.05) is 0 Å². The average molecular weight is 190 g/mol. The van der Waals surface area contributed by atoms with Gasteiger partial charge < -0.3 is 4.74 Å². The third-order valence-electron chi connectivity index (χ3n) is 1.70. The van der Waals surface area contributed by atoms with Crippen LogP contribution in [0.4, 0.5) is 0 Å². The van der Waals surface area contributed by atoms with E-state index in [0.29, 0.717) is 6.42 Å². The summed E-state index contributed by atoms with van der Waals surface area (Å²) >= 11 is 0. The van der Waals surface area contributed by atoms with E-state index in [1.165, 1.54) is 12.3 Å². The summed E-state index contributed by atoms with van der Waals surface area (Å²) in [6, 6.07) is 9.37. The molecule has 1 aromatic rings. The first kappa shape index (κ1) is 10.5.